The first-order valence-corrected chi connectivity index (χ1v) is 5.78. The van der Waals surface area contributed by atoms with E-state index < -0.39 is 0 Å². The van der Waals surface area contributed by atoms with Gasteiger partial charge in [-0.3, -0.25) is 0 Å². The van der Waals surface area contributed by atoms with Gasteiger partial charge in [0.1, 0.15) is 12.2 Å². The Labute approximate surface area is 91.3 Å². The normalized spacial score (nSPS) is 20.0. The van der Waals surface area contributed by atoms with Crippen LogP contribution in [0, 0.1) is 6.92 Å². The van der Waals surface area contributed by atoms with Crippen LogP contribution in [0.1, 0.15) is 38.6 Å². The van der Waals surface area contributed by atoms with E-state index in [-0.39, 0.29) is 0 Å². The molecule has 1 aliphatic rings. The zero-order valence-electron chi connectivity index (χ0n) is 9.85. The van der Waals surface area contributed by atoms with Gasteiger partial charge < -0.3 is 4.90 Å². The predicted octanol–water partition coefficient (Wildman–Crippen LogP) is 1.63. The van der Waals surface area contributed by atoms with E-state index in [2.05, 4.69) is 33.5 Å². The molecule has 0 aromatic carbocycles. The summed E-state index contributed by atoms with van der Waals surface area (Å²) in [6, 6.07) is 1.23. The Morgan fingerprint density at radius 2 is 2.00 bits per heavy atom. The van der Waals surface area contributed by atoms with Crippen molar-refractivity contribution >= 4 is 0 Å². The molecule has 0 aliphatic carbocycles. The monoisotopic (exact) mass is 208 g/mol. The molecular weight excluding hydrogens is 188 g/mol. The second-order valence-corrected chi connectivity index (χ2v) is 4.61. The van der Waals surface area contributed by atoms with Gasteiger partial charge in [-0.1, -0.05) is 0 Å². The minimum Gasteiger partial charge on any atom is -0.301 e. The number of nitrogens with zero attached hydrogens (tertiary/aromatic N) is 4. The van der Waals surface area contributed by atoms with Crippen LogP contribution in [-0.4, -0.2) is 38.8 Å². The number of hydrogen-bond donors (Lipinski definition) is 0. The smallest absolute Gasteiger partial charge is 0.138 e. The van der Waals surface area contributed by atoms with Crippen molar-refractivity contribution in [3.05, 3.63) is 12.2 Å². The zero-order chi connectivity index (χ0) is 10.8. The zero-order valence-corrected chi connectivity index (χ0v) is 9.85. The third-order valence-electron chi connectivity index (χ3n) is 3.33. The SMILES string of the molecule is Cc1ncnn1C1CCN(C(C)C)CC1. The first-order chi connectivity index (χ1) is 7.18. The predicted molar refractivity (Wildman–Crippen MR) is 59.7 cm³/mol. The van der Waals surface area contributed by atoms with Crippen molar-refractivity contribution in [2.24, 2.45) is 0 Å². The van der Waals surface area contributed by atoms with Crippen LogP contribution < -0.4 is 0 Å². The average molecular weight is 208 g/mol. The highest BCUT2D eigenvalue weighted by molar-refractivity contribution is 4.86. The highest BCUT2D eigenvalue weighted by Crippen LogP contribution is 2.23. The lowest BCUT2D eigenvalue weighted by molar-refractivity contribution is 0.146. The fraction of sp³-hybridized carbons (Fsp3) is 0.818. The standard InChI is InChI=1S/C11H20N4/c1-9(2)14-6-4-11(5-7-14)15-10(3)12-8-13-15/h8-9,11H,4-7H2,1-3H3. The Balaban J connectivity index is 1.97. The molecule has 0 N–H and O–H groups in total. The first kappa shape index (κ1) is 10.6. The van der Waals surface area contributed by atoms with E-state index in [4.69, 9.17) is 0 Å². The summed E-state index contributed by atoms with van der Waals surface area (Å²) in [6.45, 7) is 8.92. The summed E-state index contributed by atoms with van der Waals surface area (Å²) < 4.78 is 2.08. The van der Waals surface area contributed by atoms with Crippen molar-refractivity contribution in [1.29, 1.82) is 0 Å². The topological polar surface area (TPSA) is 34.0 Å². The van der Waals surface area contributed by atoms with Gasteiger partial charge in [-0.2, -0.15) is 5.10 Å². The number of piperidine rings is 1. The lowest BCUT2D eigenvalue weighted by Gasteiger charge is -2.34. The second kappa shape index (κ2) is 4.31. The van der Waals surface area contributed by atoms with E-state index in [0.717, 1.165) is 5.82 Å². The van der Waals surface area contributed by atoms with Gasteiger partial charge in [0.15, 0.2) is 0 Å². The highest BCUT2D eigenvalue weighted by Gasteiger charge is 2.23. The molecule has 1 aromatic heterocycles. The minimum absolute atomic E-state index is 0.558. The van der Waals surface area contributed by atoms with Gasteiger partial charge in [-0.05, 0) is 33.6 Å². The molecule has 1 saturated heterocycles. The minimum atomic E-state index is 0.558. The van der Waals surface area contributed by atoms with Crippen LogP contribution >= 0.6 is 0 Å². The van der Waals surface area contributed by atoms with Crippen LogP contribution in [0.2, 0.25) is 0 Å². The Morgan fingerprint density at radius 1 is 1.33 bits per heavy atom. The van der Waals surface area contributed by atoms with E-state index in [0.29, 0.717) is 12.1 Å². The lowest BCUT2D eigenvalue weighted by atomic mass is 10.0. The summed E-state index contributed by atoms with van der Waals surface area (Å²) in [5, 5.41) is 4.30. The summed E-state index contributed by atoms with van der Waals surface area (Å²) >= 11 is 0. The number of hydrogen-bond acceptors (Lipinski definition) is 3. The largest absolute Gasteiger partial charge is 0.301 e. The van der Waals surface area contributed by atoms with E-state index in [1.54, 1.807) is 6.33 Å². The van der Waals surface area contributed by atoms with Gasteiger partial charge in [-0.15, -0.1) is 0 Å². The number of likely N-dealkylation sites (tertiary alicyclic amines) is 1. The van der Waals surface area contributed by atoms with E-state index in [9.17, 15) is 0 Å². The molecule has 0 amide bonds. The molecule has 2 heterocycles. The molecule has 1 aromatic rings. The lowest BCUT2D eigenvalue weighted by Crippen LogP contribution is -2.39. The molecule has 0 spiro atoms. The van der Waals surface area contributed by atoms with Crippen molar-refractivity contribution < 1.29 is 0 Å². The van der Waals surface area contributed by atoms with Crippen molar-refractivity contribution in [3.63, 3.8) is 0 Å². The van der Waals surface area contributed by atoms with Crippen LogP contribution in [0.3, 0.4) is 0 Å². The van der Waals surface area contributed by atoms with Crippen molar-refractivity contribution in [2.75, 3.05) is 13.1 Å². The summed E-state index contributed by atoms with van der Waals surface area (Å²) in [5.41, 5.74) is 0. The molecule has 1 fully saturated rings. The maximum atomic E-state index is 4.30. The van der Waals surface area contributed by atoms with Crippen molar-refractivity contribution in [1.82, 2.24) is 19.7 Å². The van der Waals surface area contributed by atoms with Crippen molar-refractivity contribution in [2.45, 2.75) is 45.7 Å². The summed E-state index contributed by atoms with van der Waals surface area (Å²) in [5.74, 6) is 1.04. The molecule has 0 radical (unpaired) electrons. The second-order valence-electron chi connectivity index (χ2n) is 4.61. The molecule has 4 nitrogen and oxygen atoms in total. The van der Waals surface area contributed by atoms with Crippen LogP contribution in [-0.2, 0) is 0 Å². The average Bonchev–Trinajstić information content (AvgIpc) is 2.65. The van der Waals surface area contributed by atoms with Crippen LogP contribution in [0.5, 0.6) is 0 Å². The molecule has 2 rings (SSSR count). The number of aromatic nitrogens is 3. The fourth-order valence-corrected chi connectivity index (χ4v) is 2.31. The fourth-order valence-electron chi connectivity index (χ4n) is 2.31. The molecule has 4 heteroatoms. The summed E-state index contributed by atoms with van der Waals surface area (Å²) in [6.07, 6.45) is 4.05. The number of aryl methyl sites for hydroxylation is 1. The van der Waals surface area contributed by atoms with Crippen molar-refractivity contribution in [3.8, 4) is 0 Å². The Kier molecular flexibility index (Phi) is 3.05. The van der Waals surface area contributed by atoms with Gasteiger partial charge in [0.2, 0.25) is 0 Å². The third-order valence-corrected chi connectivity index (χ3v) is 3.33. The third kappa shape index (κ3) is 2.20. The van der Waals surface area contributed by atoms with E-state index in [1.165, 1.54) is 25.9 Å². The maximum Gasteiger partial charge on any atom is 0.138 e. The van der Waals surface area contributed by atoms with Gasteiger partial charge in [0.05, 0.1) is 6.04 Å². The molecule has 0 atom stereocenters. The van der Waals surface area contributed by atoms with Gasteiger partial charge in [0.25, 0.3) is 0 Å². The maximum absolute atomic E-state index is 4.30. The quantitative estimate of drug-likeness (QED) is 0.741. The molecule has 1 aliphatic heterocycles. The van der Waals surface area contributed by atoms with E-state index >= 15 is 0 Å². The molecular formula is C11H20N4. The van der Waals surface area contributed by atoms with Crippen LogP contribution in [0.25, 0.3) is 0 Å². The Morgan fingerprint density at radius 3 is 2.47 bits per heavy atom. The van der Waals surface area contributed by atoms with Gasteiger partial charge >= 0.3 is 0 Å². The Bertz CT molecular complexity index is 310. The molecule has 15 heavy (non-hydrogen) atoms. The van der Waals surface area contributed by atoms with Gasteiger partial charge in [-0.25, -0.2) is 9.67 Å². The molecule has 84 valence electrons. The van der Waals surface area contributed by atoms with E-state index in [1.807, 2.05) is 6.92 Å². The Hall–Kier alpha value is -0.900. The summed E-state index contributed by atoms with van der Waals surface area (Å²) in [4.78, 5) is 6.71. The molecule has 0 unspecified atom stereocenters. The molecule has 0 saturated carbocycles. The van der Waals surface area contributed by atoms with Crippen LogP contribution in [0.4, 0.5) is 0 Å². The van der Waals surface area contributed by atoms with Crippen LogP contribution in [0.15, 0.2) is 6.33 Å². The summed E-state index contributed by atoms with van der Waals surface area (Å²) in [7, 11) is 0. The molecule has 0 bridgehead atoms. The first-order valence-electron chi connectivity index (χ1n) is 5.78. The highest BCUT2D eigenvalue weighted by atomic mass is 15.4. The van der Waals surface area contributed by atoms with Gasteiger partial charge in [0, 0.05) is 19.1 Å². The number of rotatable bonds is 2.